The van der Waals surface area contributed by atoms with Crippen molar-refractivity contribution < 1.29 is 14.7 Å². The van der Waals surface area contributed by atoms with Crippen LogP contribution in [0.3, 0.4) is 0 Å². The van der Waals surface area contributed by atoms with E-state index in [1.165, 1.54) is 11.5 Å². The van der Waals surface area contributed by atoms with Crippen molar-refractivity contribution in [2.45, 2.75) is 52.5 Å². The SMILES string of the molecule is CC(=O)CCCc1cn(C(C)(C)C)sc1=NC(=O)O. The normalized spacial score (nSPS) is 12.7. The second kappa shape index (κ2) is 6.14. The van der Waals surface area contributed by atoms with Crippen molar-refractivity contribution in [3.8, 4) is 0 Å². The van der Waals surface area contributed by atoms with Crippen LogP contribution in [0.25, 0.3) is 0 Å². The van der Waals surface area contributed by atoms with Crippen LogP contribution in [0.1, 0.15) is 46.1 Å². The molecule has 0 aliphatic heterocycles. The van der Waals surface area contributed by atoms with Gasteiger partial charge in [0.05, 0.1) is 0 Å². The maximum atomic E-state index is 10.9. The average molecular weight is 284 g/mol. The van der Waals surface area contributed by atoms with E-state index in [9.17, 15) is 9.59 Å². The van der Waals surface area contributed by atoms with Gasteiger partial charge in [0.1, 0.15) is 10.5 Å². The van der Waals surface area contributed by atoms with E-state index in [2.05, 4.69) is 4.99 Å². The summed E-state index contributed by atoms with van der Waals surface area (Å²) in [5.41, 5.74) is 0.787. The number of aromatic nitrogens is 1. The van der Waals surface area contributed by atoms with E-state index in [0.717, 1.165) is 12.0 Å². The molecule has 0 fully saturated rings. The number of carbonyl (C=O) groups is 2. The molecular formula is C13H20N2O3S. The number of amides is 1. The van der Waals surface area contributed by atoms with E-state index in [1.54, 1.807) is 6.92 Å². The lowest BCUT2D eigenvalue weighted by atomic mass is 10.1. The molecule has 1 aromatic rings. The third-order valence-electron chi connectivity index (χ3n) is 2.57. The van der Waals surface area contributed by atoms with Gasteiger partial charge in [0.15, 0.2) is 0 Å². The van der Waals surface area contributed by atoms with Gasteiger partial charge in [0, 0.05) is 23.7 Å². The zero-order valence-electron chi connectivity index (χ0n) is 11.8. The molecule has 0 bridgehead atoms. The number of ketones is 1. The smallest absolute Gasteiger partial charge is 0.432 e. The van der Waals surface area contributed by atoms with Crippen LogP contribution in [-0.4, -0.2) is 20.9 Å². The molecule has 0 saturated carbocycles. The molecule has 0 atom stereocenters. The quantitative estimate of drug-likeness (QED) is 0.924. The summed E-state index contributed by atoms with van der Waals surface area (Å²) in [5.74, 6) is 0.149. The highest BCUT2D eigenvalue weighted by atomic mass is 32.1. The van der Waals surface area contributed by atoms with Crippen molar-refractivity contribution >= 4 is 23.4 Å². The third-order valence-corrected chi connectivity index (χ3v) is 3.94. The minimum Gasteiger partial charge on any atom is -0.463 e. The second-order valence-electron chi connectivity index (χ2n) is 5.50. The molecule has 0 aliphatic carbocycles. The van der Waals surface area contributed by atoms with Gasteiger partial charge in [-0.3, -0.25) is 3.96 Å². The van der Waals surface area contributed by atoms with Crippen molar-refractivity contribution in [1.29, 1.82) is 0 Å². The second-order valence-corrected chi connectivity index (χ2v) is 6.46. The summed E-state index contributed by atoms with van der Waals surface area (Å²) in [4.78, 5) is 25.3. The van der Waals surface area contributed by atoms with Crippen molar-refractivity contribution in [2.24, 2.45) is 4.99 Å². The number of aryl methyl sites for hydroxylation is 1. The lowest BCUT2D eigenvalue weighted by molar-refractivity contribution is -0.117. The van der Waals surface area contributed by atoms with Crippen LogP contribution in [0.4, 0.5) is 4.79 Å². The minimum absolute atomic E-state index is 0.105. The first kappa shape index (κ1) is 15.6. The molecule has 1 amide bonds. The van der Waals surface area contributed by atoms with Crippen LogP contribution < -0.4 is 4.67 Å². The highest BCUT2D eigenvalue weighted by Crippen LogP contribution is 2.17. The predicted molar refractivity (Wildman–Crippen MR) is 74.5 cm³/mol. The first-order valence-corrected chi connectivity index (χ1v) is 6.97. The van der Waals surface area contributed by atoms with Crippen LogP contribution in [0.5, 0.6) is 0 Å². The Kier molecular flexibility index (Phi) is 5.05. The van der Waals surface area contributed by atoms with Gasteiger partial charge in [-0.25, -0.2) is 4.79 Å². The summed E-state index contributed by atoms with van der Waals surface area (Å²) >= 11 is 1.34. The lowest BCUT2D eigenvalue weighted by Gasteiger charge is -2.19. The third kappa shape index (κ3) is 4.98. The molecule has 0 radical (unpaired) electrons. The largest absolute Gasteiger partial charge is 0.463 e. The standard InChI is InChI=1S/C13H20N2O3S/c1-9(16)6-5-7-10-8-15(13(2,3)4)19-11(10)14-12(17)18/h8H,5-7H2,1-4H3,(H,17,18). The van der Waals surface area contributed by atoms with E-state index < -0.39 is 6.09 Å². The van der Waals surface area contributed by atoms with Gasteiger partial charge in [-0.05, 0) is 52.1 Å². The van der Waals surface area contributed by atoms with E-state index >= 15 is 0 Å². The summed E-state index contributed by atoms with van der Waals surface area (Å²) in [5, 5.41) is 8.79. The van der Waals surface area contributed by atoms with Gasteiger partial charge in [0.25, 0.3) is 0 Å². The van der Waals surface area contributed by atoms with Crippen LogP contribution >= 0.6 is 11.5 Å². The van der Waals surface area contributed by atoms with Gasteiger partial charge in [-0.1, -0.05) is 0 Å². The molecule has 1 rings (SSSR count). The number of rotatable bonds is 4. The fourth-order valence-electron chi connectivity index (χ4n) is 1.58. The summed E-state index contributed by atoms with van der Waals surface area (Å²) in [7, 11) is 0. The molecule has 1 heterocycles. The molecule has 106 valence electrons. The van der Waals surface area contributed by atoms with Crippen LogP contribution in [0.2, 0.25) is 0 Å². The number of nitrogens with zero attached hydrogens (tertiary/aromatic N) is 2. The Bertz CT molecular complexity index is 535. The average Bonchev–Trinajstić information content (AvgIpc) is 2.59. The Labute approximate surface area is 116 Å². The molecule has 6 heteroatoms. The van der Waals surface area contributed by atoms with Crippen LogP contribution in [0, 0.1) is 0 Å². The van der Waals surface area contributed by atoms with Gasteiger partial charge in [0.2, 0.25) is 0 Å². The Morgan fingerprint density at radius 1 is 1.42 bits per heavy atom. The minimum atomic E-state index is -1.18. The number of carboxylic acid groups (broad SMARTS) is 1. The Morgan fingerprint density at radius 2 is 2.05 bits per heavy atom. The van der Waals surface area contributed by atoms with Crippen molar-refractivity contribution in [3.05, 3.63) is 16.4 Å². The molecule has 0 saturated heterocycles. The van der Waals surface area contributed by atoms with Crippen LogP contribution in [-0.2, 0) is 16.8 Å². The van der Waals surface area contributed by atoms with Gasteiger partial charge in [-0.2, -0.15) is 4.99 Å². The number of carbonyl (C=O) groups excluding carboxylic acids is 1. The molecular weight excluding hydrogens is 264 g/mol. The number of hydrogen-bond donors (Lipinski definition) is 1. The highest BCUT2D eigenvalue weighted by molar-refractivity contribution is 7.04. The maximum absolute atomic E-state index is 10.9. The Balaban J connectivity index is 3.03. The predicted octanol–water partition coefficient (Wildman–Crippen LogP) is 2.80. The Hall–Kier alpha value is -1.43. The fraction of sp³-hybridized carbons (Fsp3) is 0.615. The lowest BCUT2D eigenvalue weighted by Crippen LogP contribution is -2.18. The summed E-state index contributed by atoms with van der Waals surface area (Å²) in [6.45, 7) is 7.71. The topological polar surface area (TPSA) is 71.7 Å². The van der Waals surface area contributed by atoms with Crippen molar-refractivity contribution in [1.82, 2.24) is 3.96 Å². The molecule has 5 nitrogen and oxygen atoms in total. The van der Waals surface area contributed by atoms with Gasteiger partial charge in [-0.15, -0.1) is 0 Å². The van der Waals surface area contributed by atoms with Gasteiger partial charge >= 0.3 is 6.09 Å². The van der Waals surface area contributed by atoms with Crippen molar-refractivity contribution in [3.63, 3.8) is 0 Å². The van der Waals surface area contributed by atoms with Crippen LogP contribution in [0.15, 0.2) is 11.2 Å². The molecule has 19 heavy (non-hydrogen) atoms. The highest BCUT2D eigenvalue weighted by Gasteiger charge is 2.16. The fourth-order valence-corrected chi connectivity index (χ4v) is 2.61. The first-order chi connectivity index (χ1) is 8.70. The number of Topliss-reactive ketones (excluding diaryl/α,β-unsaturated/α-hetero) is 1. The maximum Gasteiger partial charge on any atom is 0.432 e. The summed E-state index contributed by atoms with van der Waals surface area (Å²) < 4.78 is 2.52. The molecule has 0 aliphatic rings. The monoisotopic (exact) mass is 284 g/mol. The van der Waals surface area contributed by atoms with E-state index in [4.69, 9.17) is 5.11 Å². The Morgan fingerprint density at radius 3 is 2.53 bits per heavy atom. The van der Waals surface area contributed by atoms with E-state index in [-0.39, 0.29) is 11.3 Å². The van der Waals surface area contributed by atoms with E-state index in [0.29, 0.717) is 17.5 Å². The molecule has 0 unspecified atom stereocenters. The molecule has 1 aromatic heterocycles. The van der Waals surface area contributed by atoms with Crippen molar-refractivity contribution in [2.75, 3.05) is 0 Å². The molecule has 0 spiro atoms. The van der Waals surface area contributed by atoms with Gasteiger partial charge < -0.3 is 9.90 Å². The summed E-state index contributed by atoms with van der Waals surface area (Å²) in [6, 6.07) is 0. The summed E-state index contributed by atoms with van der Waals surface area (Å²) in [6.07, 6.45) is 2.66. The zero-order chi connectivity index (χ0) is 14.6. The molecule has 0 aromatic carbocycles. The zero-order valence-corrected chi connectivity index (χ0v) is 12.6. The first-order valence-electron chi connectivity index (χ1n) is 6.19. The van der Waals surface area contributed by atoms with E-state index in [1.807, 2.05) is 30.9 Å². The molecule has 1 N–H and O–H groups in total. The number of hydrogen-bond acceptors (Lipinski definition) is 3.